The molecule has 0 aliphatic heterocycles. The van der Waals surface area contributed by atoms with Gasteiger partial charge in [0.1, 0.15) is 11.3 Å². The number of phenols is 1. The first-order valence-electron chi connectivity index (χ1n) is 4.82. The Morgan fingerprint density at radius 2 is 1.89 bits per heavy atom. The van der Waals surface area contributed by atoms with Crippen LogP contribution >= 0.6 is 0 Å². The number of aromatic carboxylic acids is 1. The van der Waals surface area contributed by atoms with E-state index in [9.17, 15) is 19.5 Å². The molecule has 1 rings (SSSR count). The maximum absolute atomic E-state index is 11.6. The molecule has 0 aromatic heterocycles. The zero-order valence-corrected chi connectivity index (χ0v) is 9.41. The van der Waals surface area contributed by atoms with Crippen molar-refractivity contribution in [3.63, 3.8) is 0 Å². The van der Waals surface area contributed by atoms with Crippen LogP contribution in [0.4, 0.5) is 0 Å². The van der Waals surface area contributed by atoms with Crippen molar-refractivity contribution in [3.8, 4) is 5.75 Å². The zero-order chi connectivity index (χ0) is 13.7. The molecule has 0 saturated heterocycles. The number of aromatic hydroxyl groups is 1. The number of hydrogen-bond donors (Lipinski definition) is 2. The Balaban J connectivity index is 3.01. The molecule has 0 atom stereocenters. The summed E-state index contributed by atoms with van der Waals surface area (Å²) in [5.74, 6) is -3.04. The first-order chi connectivity index (χ1) is 8.45. The molecule has 0 heterocycles. The van der Waals surface area contributed by atoms with Gasteiger partial charge in [0.2, 0.25) is 0 Å². The Hall–Kier alpha value is -2.63. The van der Waals surface area contributed by atoms with Crippen molar-refractivity contribution in [1.82, 2.24) is 0 Å². The Bertz CT molecular complexity index is 529. The smallest absolute Gasteiger partial charge is 0.339 e. The number of benzene rings is 1. The third-order valence-electron chi connectivity index (χ3n) is 2.08. The van der Waals surface area contributed by atoms with Crippen LogP contribution in [0.5, 0.6) is 5.75 Å². The Morgan fingerprint density at radius 1 is 1.22 bits per heavy atom. The molecule has 1 aromatic rings. The number of ether oxygens (including phenoxy) is 1. The molecule has 0 aliphatic carbocycles. The van der Waals surface area contributed by atoms with Gasteiger partial charge in [-0.1, -0.05) is 0 Å². The second-order valence-corrected chi connectivity index (χ2v) is 3.26. The van der Waals surface area contributed by atoms with Gasteiger partial charge < -0.3 is 14.9 Å². The second-order valence-electron chi connectivity index (χ2n) is 3.26. The molecule has 0 saturated carbocycles. The van der Waals surface area contributed by atoms with Crippen LogP contribution in [-0.4, -0.2) is 35.0 Å². The molecule has 0 spiro atoms. The largest absolute Gasteiger partial charge is 0.507 e. The van der Waals surface area contributed by atoms with E-state index in [0.717, 1.165) is 24.3 Å². The summed E-state index contributed by atoms with van der Waals surface area (Å²) in [6, 6.07) is 3.38. The van der Waals surface area contributed by atoms with Gasteiger partial charge in [0.15, 0.2) is 5.78 Å². The molecule has 2 N–H and O–H groups in total. The van der Waals surface area contributed by atoms with Crippen LogP contribution < -0.4 is 0 Å². The standard InChI is InChI=1S/C12H10O6/c1-18-11(15)5-4-9(13)7-2-3-10(14)8(6-7)12(16)17/h2-6,14H,1H3,(H,16,17)/b5-4+. The SMILES string of the molecule is COC(=O)/C=C/C(=O)c1ccc(O)c(C(=O)O)c1. The van der Waals surface area contributed by atoms with Crippen LogP contribution in [0.25, 0.3) is 0 Å². The maximum atomic E-state index is 11.6. The van der Waals surface area contributed by atoms with E-state index in [1.807, 2.05) is 0 Å². The van der Waals surface area contributed by atoms with Crippen molar-refractivity contribution in [2.24, 2.45) is 0 Å². The highest BCUT2D eigenvalue weighted by Gasteiger charge is 2.12. The minimum Gasteiger partial charge on any atom is -0.507 e. The van der Waals surface area contributed by atoms with Gasteiger partial charge >= 0.3 is 11.9 Å². The first kappa shape index (κ1) is 13.4. The van der Waals surface area contributed by atoms with Gasteiger partial charge in [-0.2, -0.15) is 0 Å². The minimum atomic E-state index is -1.35. The quantitative estimate of drug-likeness (QED) is 0.469. The van der Waals surface area contributed by atoms with Crippen LogP contribution in [0.3, 0.4) is 0 Å². The fourth-order valence-corrected chi connectivity index (χ4v) is 1.17. The monoisotopic (exact) mass is 250 g/mol. The predicted molar refractivity (Wildman–Crippen MR) is 60.6 cm³/mol. The highest BCUT2D eigenvalue weighted by Crippen LogP contribution is 2.18. The fraction of sp³-hybridized carbons (Fsp3) is 0.0833. The van der Waals surface area contributed by atoms with Crippen molar-refractivity contribution in [2.75, 3.05) is 7.11 Å². The van der Waals surface area contributed by atoms with Crippen molar-refractivity contribution in [1.29, 1.82) is 0 Å². The second kappa shape index (κ2) is 5.62. The van der Waals surface area contributed by atoms with Gasteiger partial charge in [-0.15, -0.1) is 0 Å². The molecule has 0 bridgehead atoms. The van der Waals surface area contributed by atoms with Gasteiger partial charge in [0.25, 0.3) is 0 Å². The molecule has 18 heavy (non-hydrogen) atoms. The van der Waals surface area contributed by atoms with Crippen molar-refractivity contribution in [2.45, 2.75) is 0 Å². The predicted octanol–water partition coefficient (Wildman–Crippen LogP) is 1.00. The number of carboxylic acid groups (broad SMARTS) is 1. The summed E-state index contributed by atoms with van der Waals surface area (Å²) < 4.78 is 4.31. The lowest BCUT2D eigenvalue weighted by atomic mass is 10.1. The molecule has 1 aromatic carbocycles. The third kappa shape index (κ3) is 3.18. The molecule has 0 fully saturated rings. The lowest BCUT2D eigenvalue weighted by molar-refractivity contribution is -0.134. The first-order valence-corrected chi connectivity index (χ1v) is 4.82. The van der Waals surface area contributed by atoms with E-state index in [4.69, 9.17) is 5.11 Å². The number of methoxy groups -OCH3 is 1. The summed E-state index contributed by atoms with van der Waals surface area (Å²) in [6.07, 6.45) is 1.89. The topological polar surface area (TPSA) is 101 Å². The summed E-state index contributed by atoms with van der Waals surface area (Å²) in [4.78, 5) is 33.1. The van der Waals surface area contributed by atoms with E-state index in [2.05, 4.69) is 4.74 Å². The van der Waals surface area contributed by atoms with Gasteiger partial charge in [-0.25, -0.2) is 9.59 Å². The zero-order valence-electron chi connectivity index (χ0n) is 9.41. The van der Waals surface area contributed by atoms with Gasteiger partial charge in [-0.05, 0) is 24.3 Å². The minimum absolute atomic E-state index is 0.0466. The summed E-state index contributed by atoms with van der Waals surface area (Å²) in [5.41, 5.74) is -0.335. The van der Waals surface area contributed by atoms with Crippen LogP contribution in [0.1, 0.15) is 20.7 Å². The number of esters is 1. The Morgan fingerprint density at radius 3 is 2.44 bits per heavy atom. The summed E-state index contributed by atoms with van der Waals surface area (Å²) >= 11 is 0. The number of rotatable bonds is 4. The van der Waals surface area contributed by atoms with Gasteiger partial charge in [-0.3, -0.25) is 4.79 Å². The summed E-state index contributed by atoms with van der Waals surface area (Å²) in [5, 5.41) is 18.0. The summed E-state index contributed by atoms with van der Waals surface area (Å²) in [6.45, 7) is 0. The van der Waals surface area contributed by atoms with E-state index < -0.39 is 23.5 Å². The van der Waals surface area contributed by atoms with E-state index in [1.165, 1.54) is 13.2 Å². The van der Waals surface area contributed by atoms with Crippen molar-refractivity contribution < 1.29 is 29.3 Å². The molecule has 0 aliphatic rings. The van der Waals surface area contributed by atoms with E-state index >= 15 is 0 Å². The number of carbonyl (C=O) groups excluding carboxylic acids is 2. The molecular formula is C12H10O6. The van der Waals surface area contributed by atoms with Crippen LogP contribution in [-0.2, 0) is 9.53 Å². The molecule has 0 radical (unpaired) electrons. The number of allylic oxidation sites excluding steroid dienone is 1. The summed E-state index contributed by atoms with van der Waals surface area (Å²) in [7, 11) is 1.17. The van der Waals surface area contributed by atoms with Crippen molar-refractivity contribution >= 4 is 17.7 Å². The van der Waals surface area contributed by atoms with Crippen LogP contribution in [0.2, 0.25) is 0 Å². The van der Waals surface area contributed by atoms with Gasteiger partial charge in [0, 0.05) is 11.6 Å². The van der Waals surface area contributed by atoms with Gasteiger partial charge in [0.05, 0.1) is 7.11 Å². The third-order valence-corrected chi connectivity index (χ3v) is 2.08. The van der Waals surface area contributed by atoms with Crippen LogP contribution in [0, 0.1) is 0 Å². The van der Waals surface area contributed by atoms with Crippen molar-refractivity contribution in [3.05, 3.63) is 41.5 Å². The maximum Gasteiger partial charge on any atom is 0.339 e. The number of hydrogen-bond acceptors (Lipinski definition) is 5. The molecule has 0 amide bonds. The molecule has 94 valence electrons. The molecule has 0 unspecified atom stereocenters. The number of carboxylic acids is 1. The lowest BCUT2D eigenvalue weighted by Gasteiger charge is -2.01. The lowest BCUT2D eigenvalue weighted by Crippen LogP contribution is -2.02. The highest BCUT2D eigenvalue weighted by atomic mass is 16.5. The fourth-order valence-electron chi connectivity index (χ4n) is 1.17. The highest BCUT2D eigenvalue weighted by molar-refractivity contribution is 6.08. The molecular weight excluding hydrogens is 240 g/mol. The molecule has 6 heteroatoms. The normalized spacial score (nSPS) is 10.3. The number of carbonyl (C=O) groups is 3. The average molecular weight is 250 g/mol. The average Bonchev–Trinajstić information content (AvgIpc) is 2.35. The van der Waals surface area contributed by atoms with Crippen LogP contribution in [0.15, 0.2) is 30.4 Å². The van der Waals surface area contributed by atoms with E-state index in [0.29, 0.717) is 0 Å². The van der Waals surface area contributed by atoms with E-state index in [1.54, 1.807) is 0 Å². The Kier molecular flexibility index (Phi) is 4.20. The number of ketones is 1. The van der Waals surface area contributed by atoms with E-state index in [-0.39, 0.29) is 11.1 Å². The Labute approximate surface area is 102 Å². The molecule has 6 nitrogen and oxygen atoms in total.